The maximum Gasteiger partial charge on any atom is 0.416 e. The van der Waals surface area contributed by atoms with Crippen molar-refractivity contribution in [1.29, 1.82) is 0 Å². The molecule has 1 atom stereocenters. The number of fused-ring (bicyclic) bond motifs is 1. The summed E-state index contributed by atoms with van der Waals surface area (Å²) in [5.74, 6) is -0.622. The van der Waals surface area contributed by atoms with Crippen LogP contribution in [0.15, 0.2) is 23.1 Å². The van der Waals surface area contributed by atoms with Crippen molar-refractivity contribution in [3.05, 3.63) is 29.3 Å². The van der Waals surface area contributed by atoms with E-state index in [2.05, 4.69) is 0 Å². The molecule has 5 nitrogen and oxygen atoms in total. The zero-order valence-electron chi connectivity index (χ0n) is 15.0. The van der Waals surface area contributed by atoms with E-state index in [9.17, 15) is 26.4 Å². The van der Waals surface area contributed by atoms with E-state index in [4.69, 9.17) is 4.74 Å². The molecular weight excluding hydrogens is 383 g/mol. The SMILES string of the molecule is CCOC(=O)C[C@H]1c2cc(C(F)(F)F)ccc2S(=O)(=O)N1C1CCCCC1. The molecule has 1 aromatic rings. The fourth-order valence-electron chi connectivity index (χ4n) is 4.00. The topological polar surface area (TPSA) is 63.7 Å². The number of halogens is 3. The summed E-state index contributed by atoms with van der Waals surface area (Å²) >= 11 is 0. The highest BCUT2D eigenvalue weighted by Crippen LogP contribution is 2.47. The van der Waals surface area contributed by atoms with Gasteiger partial charge in [0.05, 0.1) is 29.5 Å². The zero-order chi connectivity index (χ0) is 19.8. The Hall–Kier alpha value is -1.61. The van der Waals surface area contributed by atoms with Gasteiger partial charge in [-0.2, -0.15) is 17.5 Å². The minimum absolute atomic E-state index is 0.0310. The number of alkyl halides is 3. The highest BCUT2D eigenvalue weighted by molar-refractivity contribution is 7.89. The predicted molar refractivity (Wildman–Crippen MR) is 91.3 cm³/mol. The fourth-order valence-corrected chi connectivity index (χ4v) is 6.09. The van der Waals surface area contributed by atoms with Gasteiger partial charge >= 0.3 is 12.1 Å². The number of nitrogens with zero attached hydrogens (tertiary/aromatic N) is 1. The molecule has 1 aliphatic carbocycles. The van der Waals surface area contributed by atoms with Gasteiger partial charge in [-0.15, -0.1) is 0 Å². The molecule has 3 rings (SSSR count). The summed E-state index contributed by atoms with van der Waals surface area (Å²) in [5, 5.41) is 0. The highest BCUT2D eigenvalue weighted by Gasteiger charge is 2.48. The Balaban J connectivity index is 2.07. The van der Waals surface area contributed by atoms with Crippen LogP contribution >= 0.6 is 0 Å². The van der Waals surface area contributed by atoms with Gasteiger partial charge in [-0.1, -0.05) is 19.3 Å². The first kappa shape index (κ1) is 20.1. The zero-order valence-corrected chi connectivity index (χ0v) is 15.8. The lowest BCUT2D eigenvalue weighted by Gasteiger charge is -2.33. The molecule has 1 aromatic carbocycles. The quantitative estimate of drug-likeness (QED) is 0.710. The molecule has 150 valence electrons. The maximum atomic E-state index is 13.2. The summed E-state index contributed by atoms with van der Waals surface area (Å²) in [6, 6.07) is 1.37. The molecule has 2 aliphatic rings. The number of carbonyl (C=O) groups excluding carboxylic acids is 1. The number of ether oxygens (including phenoxy) is 1. The van der Waals surface area contributed by atoms with Crippen LogP contribution in [-0.4, -0.2) is 31.3 Å². The number of carbonyl (C=O) groups is 1. The van der Waals surface area contributed by atoms with Gasteiger partial charge in [-0.3, -0.25) is 4.79 Å². The molecule has 9 heteroatoms. The second-order valence-corrected chi connectivity index (χ2v) is 8.71. The lowest BCUT2D eigenvalue weighted by atomic mass is 9.93. The summed E-state index contributed by atoms with van der Waals surface area (Å²) in [5.41, 5.74) is -0.890. The first-order valence-corrected chi connectivity index (χ1v) is 10.5. The number of benzene rings is 1. The van der Waals surface area contributed by atoms with Crippen LogP contribution in [0.5, 0.6) is 0 Å². The third kappa shape index (κ3) is 3.85. The predicted octanol–water partition coefficient (Wildman–Crippen LogP) is 4.04. The Bertz CT molecular complexity index is 816. The molecule has 0 spiro atoms. The number of hydrogen-bond acceptors (Lipinski definition) is 4. The van der Waals surface area contributed by atoms with Crippen molar-refractivity contribution in [2.75, 3.05) is 6.61 Å². The van der Waals surface area contributed by atoms with Gasteiger partial charge in [0.2, 0.25) is 10.0 Å². The second-order valence-electron chi connectivity index (χ2n) is 6.90. The summed E-state index contributed by atoms with van der Waals surface area (Å²) < 4.78 is 71.8. The van der Waals surface area contributed by atoms with E-state index < -0.39 is 33.8 Å². The van der Waals surface area contributed by atoms with Crippen LogP contribution < -0.4 is 0 Å². The average molecular weight is 405 g/mol. The normalized spacial score (nSPS) is 23.2. The van der Waals surface area contributed by atoms with Crippen molar-refractivity contribution >= 4 is 16.0 Å². The maximum absolute atomic E-state index is 13.2. The highest BCUT2D eigenvalue weighted by atomic mass is 32.2. The Labute approximate surface area is 156 Å². The van der Waals surface area contributed by atoms with E-state index in [0.29, 0.717) is 12.8 Å². The van der Waals surface area contributed by atoms with E-state index in [1.807, 2.05) is 0 Å². The van der Waals surface area contributed by atoms with Gasteiger partial charge in [0.15, 0.2) is 0 Å². The molecule has 1 fully saturated rings. The molecule has 0 amide bonds. The Morgan fingerprint density at radius 2 is 1.89 bits per heavy atom. The minimum atomic E-state index is -4.59. The standard InChI is InChI=1S/C18H22F3NO4S/c1-2-26-17(23)11-15-14-10-12(18(19,20)21)8-9-16(14)27(24,25)22(15)13-6-4-3-5-7-13/h8-10,13,15H,2-7,11H2,1H3/t15-/m0/s1. The van der Waals surface area contributed by atoms with Crippen LogP contribution in [0, 0.1) is 0 Å². The molecule has 0 bridgehead atoms. The molecule has 0 radical (unpaired) electrons. The third-order valence-corrected chi connectivity index (χ3v) is 7.19. The number of sulfonamides is 1. The van der Waals surface area contributed by atoms with Crippen molar-refractivity contribution in [3.63, 3.8) is 0 Å². The van der Waals surface area contributed by atoms with Crippen LogP contribution in [0.1, 0.15) is 62.6 Å². The van der Waals surface area contributed by atoms with Crippen LogP contribution in [0.2, 0.25) is 0 Å². The Morgan fingerprint density at radius 1 is 1.22 bits per heavy atom. The van der Waals surface area contributed by atoms with Crippen LogP contribution in [0.3, 0.4) is 0 Å². The van der Waals surface area contributed by atoms with Crippen molar-refractivity contribution < 1.29 is 31.1 Å². The van der Waals surface area contributed by atoms with Gasteiger partial charge in [-0.05, 0) is 43.5 Å². The molecule has 1 aliphatic heterocycles. The number of rotatable bonds is 4. The van der Waals surface area contributed by atoms with E-state index in [-0.39, 0.29) is 29.5 Å². The summed E-state index contributed by atoms with van der Waals surface area (Å²) in [4.78, 5) is 11.9. The summed E-state index contributed by atoms with van der Waals surface area (Å²) in [7, 11) is -3.96. The van der Waals surface area contributed by atoms with Crippen molar-refractivity contribution in [1.82, 2.24) is 4.31 Å². The first-order chi connectivity index (χ1) is 12.7. The molecule has 0 unspecified atom stereocenters. The molecule has 1 saturated carbocycles. The number of esters is 1. The van der Waals surface area contributed by atoms with Crippen molar-refractivity contribution in [2.24, 2.45) is 0 Å². The molecule has 0 saturated heterocycles. The average Bonchev–Trinajstić information content (AvgIpc) is 2.82. The molecular formula is C18H22F3NO4S. The number of hydrogen-bond donors (Lipinski definition) is 0. The van der Waals surface area contributed by atoms with Crippen molar-refractivity contribution in [2.45, 2.75) is 68.6 Å². The van der Waals surface area contributed by atoms with Gasteiger partial charge in [-0.25, -0.2) is 8.42 Å². The molecule has 0 N–H and O–H groups in total. The lowest BCUT2D eigenvalue weighted by Crippen LogP contribution is -2.40. The second kappa shape index (κ2) is 7.43. The van der Waals surface area contributed by atoms with Crippen LogP contribution in [0.4, 0.5) is 13.2 Å². The van der Waals surface area contributed by atoms with Gasteiger partial charge < -0.3 is 4.74 Å². The van der Waals surface area contributed by atoms with E-state index in [0.717, 1.165) is 37.5 Å². The Morgan fingerprint density at radius 3 is 2.48 bits per heavy atom. The van der Waals surface area contributed by atoms with E-state index in [1.54, 1.807) is 6.92 Å². The summed E-state index contributed by atoms with van der Waals surface area (Å²) in [6.45, 7) is 1.75. The smallest absolute Gasteiger partial charge is 0.416 e. The van der Waals surface area contributed by atoms with Gasteiger partial charge in [0.1, 0.15) is 0 Å². The van der Waals surface area contributed by atoms with Crippen molar-refractivity contribution in [3.8, 4) is 0 Å². The van der Waals surface area contributed by atoms with Crippen LogP contribution in [0.25, 0.3) is 0 Å². The first-order valence-electron chi connectivity index (χ1n) is 9.06. The largest absolute Gasteiger partial charge is 0.466 e. The van der Waals surface area contributed by atoms with Gasteiger partial charge in [0.25, 0.3) is 0 Å². The van der Waals surface area contributed by atoms with Crippen LogP contribution in [-0.2, 0) is 25.7 Å². The Kier molecular flexibility index (Phi) is 5.54. The molecule has 0 aromatic heterocycles. The van der Waals surface area contributed by atoms with E-state index in [1.165, 1.54) is 4.31 Å². The monoisotopic (exact) mass is 405 g/mol. The third-order valence-electron chi connectivity index (χ3n) is 5.16. The molecule has 1 heterocycles. The molecule has 27 heavy (non-hydrogen) atoms. The fraction of sp³-hybridized carbons (Fsp3) is 0.611. The van der Waals surface area contributed by atoms with Gasteiger partial charge in [0, 0.05) is 6.04 Å². The lowest BCUT2D eigenvalue weighted by molar-refractivity contribution is -0.144. The summed E-state index contributed by atoms with van der Waals surface area (Å²) in [6.07, 6.45) is -0.904. The minimum Gasteiger partial charge on any atom is -0.466 e. The van der Waals surface area contributed by atoms with E-state index >= 15 is 0 Å².